The van der Waals surface area contributed by atoms with E-state index in [-0.39, 0.29) is 0 Å². The Morgan fingerprint density at radius 1 is 1.28 bits per heavy atom. The molecule has 2 saturated heterocycles. The van der Waals surface area contributed by atoms with Gasteiger partial charge in [0.05, 0.1) is 0 Å². The van der Waals surface area contributed by atoms with Gasteiger partial charge in [0.25, 0.3) is 0 Å². The topological polar surface area (TPSA) is 30.5 Å². The number of nitrogens with one attached hydrogen (secondary N) is 2. The summed E-state index contributed by atoms with van der Waals surface area (Å²) in [6.45, 7) is 10.9. The van der Waals surface area contributed by atoms with Crippen molar-refractivity contribution in [2.75, 3.05) is 59.9 Å². The van der Waals surface area contributed by atoms with Gasteiger partial charge in [-0.2, -0.15) is 0 Å². The maximum atomic E-state index is 3.58. The molecule has 4 nitrogen and oxygen atoms in total. The monoisotopic (exact) mass is 254 g/mol. The summed E-state index contributed by atoms with van der Waals surface area (Å²) in [6.07, 6.45) is 1.36. The Hall–Kier alpha value is -0.160. The van der Waals surface area contributed by atoms with Crippen molar-refractivity contribution in [2.45, 2.75) is 19.4 Å². The lowest BCUT2D eigenvalue weighted by atomic mass is 9.88. The Morgan fingerprint density at radius 3 is 2.56 bits per heavy atom. The van der Waals surface area contributed by atoms with Crippen molar-refractivity contribution in [1.29, 1.82) is 0 Å². The third kappa shape index (κ3) is 3.67. The Kier molecular flexibility index (Phi) is 5.42. The highest BCUT2D eigenvalue weighted by molar-refractivity contribution is 4.87. The fraction of sp³-hybridized carbons (Fsp3) is 1.00. The first-order valence-electron chi connectivity index (χ1n) is 7.49. The molecule has 2 N–H and O–H groups in total. The van der Waals surface area contributed by atoms with E-state index in [2.05, 4.69) is 41.5 Å². The Morgan fingerprint density at radius 2 is 2.00 bits per heavy atom. The van der Waals surface area contributed by atoms with Gasteiger partial charge in [-0.05, 0) is 38.9 Å². The first-order chi connectivity index (χ1) is 8.70. The minimum atomic E-state index is 0.671. The van der Waals surface area contributed by atoms with E-state index in [0.29, 0.717) is 6.04 Å². The van der Waals surface area contributed by atoms with E-state index in [1.807, 2.05) is 0 Å². The molecule has 0 aliphatic carbocycles. The van der Waals surface area contributed by atoms with E-state index in [4.69, 9.17) is 0 Å². The molecule has 0 bridgehead atoms. The molecule has 0 saturated carbocycles. The summed E-state index contributed by atoms with van der Waals surface area (Å²) in [5.74, 6) is 1.57. The number of likely N-dealkylation sites (tertiary alicyclic amines) is 1. The molecule has 0 aromatic rings. The number of hydrogen-bond acceptors (Lipinski definition) is 4. The number of rotatable bonds is 5. The minimum Gasteiger partial charge on any atom is -0.316 e. The van der Waals surface area contributed by atoms with Crippen LogP contribution >= 0.6 is 0 Å². The molecule has 3 atom stereocenters. The average Bonchev–Trinajstić information content (AvgIpc) is 2.78. The fourth-order valence-electron chi connectivity index (χ4n) is 3.66. The SMILES string of the molecule is CNC(C(C)CN1CCNCC1)C1CCN(C)C1. The van der Waals surface area contributed by atoms with Crippen molar-refractivity contribution < 1.29 is 0 Å². The molecule has 4 heteroatoms. The van der Waals surface area contributed by atoms with Crippen LogP contribution in [0.25, 0.3) is 0 Å². The van der Waals surface area contributed by atoms with E-state index in [0.717, 1.165) is 24.9 Å². The van der Waals surface area contributed by atoms with E-state index < -0.39 is 0 Å². The number of hydrogen-bond donors (Lipinski definition) is 2. The zero-order valence-corrected chi connectivity index (χ0v) is 12.3. The van der Waals surface area contributed by atoms with Crippen molar-refractivity contribution >= 4 is 0 Å². The van der Waals surface area contributed by atoms with Crippen LogP contribution in [-0.4, -0.2) is 75.8 Å². The van der Waals surface area contributed by atoms with Gasteiger partial charge >= 0.3 is 0 Å². The van der Waals surface area contributed by atoms with Gasteiger partial charge in [-0.1, -0.05) is 6.92 Å². The van der Waals surface area contributed by atoms with Crippen LogP contribution in [0.4, 0.5) is 0 Å². The highest BCUT2D eigenvalue weighted by atomic mass is 15.2. The van der Waals surface area contributed by atoms with Crippen LogP contribution in [0.15, 0.2) is 0 Å². The third-order valence-corrected chi connectivity index (χ3v) is 4.64. The van der Waals surface area contributed by atoms with E-state index in [1.165, 1.54) is 39.1 Å². The van der Waals surface area contributed by atoms with Crippen LogP contribution in [0.5, 0.6) is 0 Å². The summed E-state index contributed by atoms with van der Waals surface area (Å²) in [6, 6.07) is 0.671. The maximum Gasteiger partial charge on any atom is 0.0143 e. The molecule has 18 heavy (non-hydrogen) atoms. The molecule has 2 aliphatic rings. The lowest BCUT2D eigenvalue weighted by molar-refractivity contribution is 0.172. The summed E-state index contributed by atoms with van der Waals surface area (Å²) >= 11 is 0. The molecule has 0 spiro atoms. The van der Waals surface area contributed by atoms with Crippen LogP contribution in [0.1, 0.15) is 13.3 Å². The molecule has 2 aliphatic heterocycles. The summed E-state index contributed by atoms with van der Waals surface area (Å²) in [7, 11) is 4.38. The predicted molar refractivity (Wildman–Crippen MR) is 76.9 cm³/mol. The molecular weight excluding hydrogens is 224 g/mol. The standard InChI is InChI=1S/C14H30N4/c1-12(10-18-8-5-16-6-9-18)14(15-2)13-4-7-17(3)11-13/h12-16H,4-11H2,1-3H3. The third-order valence-electron chi connectivity index (χ3n) is 4.64. The summed E-state index contributed by atoms with van der Waals surface area (Å²) in [5.41, 5.74) is 0. The Balaban J connectivity index is 1.82. The first-order valence-corrected chi connectivity index (χ1v) is 7.49. The molecule has 0 aromatic carbocycles. The molecule has 106 valence electrons. The summed E-state index contributed by atoms with van der Waals surface area (Å²) in [4.78, 5) is 5.08. The van der Waals surface area contributed by atoms with Gasteiger partial charge in [0, 0.05) is 45.3 Å². The molecule has 0 aromatic heterocycles. The normalized spacial score (nSPS) is 30.5. The van der Waals surface area contributed by atoms with Crippen molar-refractivity contribution in [2.24, 2.45) is 11.8 Å². The summed E-state index contributed by atoms with van der Waals surface area (Å²) < 4.78 is 0. The van der Waals surface area contributed by atoms with Crippen molar-refractivity contribution in [3.63, 3.8) is 0 Å². The van der Waals surface area contributed by atoms with Gasteiger partial charge in [-0.15, -0.1) is 0 Å². The van der Waals surface area contributed by atoms with E-state index in [9.17, 15) is 0 Å². The quantitative estimate of drug-likeness (QED) is 0.727. The Labute approximate surface area is 112 Å². The second-order valence-corrected chi connectivity index (χ2v) is 6.15. The first kappa shape index (κ1) is 14.3. The smallest absolute Gasteiger partial charge is 0.0143 e. The van der Waals surface area contributed by atoms with Gasteiger partial charge in [0.15, 0.2) is 0 Å². The van der Waals surface area contributed by atoms with Crippen LogP contribution in [0, 0.1) is 11.8 Å². The average molecular weight is 254 g/mol. The van der Waals surface area contributed by atoms with Gasteiger partial charge in [-0.3, -0.25) is 0 Å². The maximum absolute atomic E-state index is 3.58. The molecule has 2 rings (SSSR count). The Bertz CT molecular complexity index is 240. The molecule has 0 amide bonds. The molecular formula is C14H30N4. The zero-order valence-electron chi connectivity index (χ0n) is 12.3. The van der Waals surface area contributed by atoms with Gasteiger partial charge < -0.3 is 20.4 Å². The van der Waals surface area contributed by atoms with Gasteiger partial charge in [0.2, 0.25) is 0 Å². The van der Waals surface area contributed by atoms with E-state index in [1.54, 1.807) is 0 Å². The van der Waals surface area contributed by atoms with E-state index >= 15 is 0 Å². The summed E-state index contributed by atoms with van der Waals surface area (Å²) in [5, 5.41) is 7.01. The molecule has 2 heterocycles. The van der Waals surface area contributed by atoms with Gasteiger partial charge in [-0.25, -0.2) is 0 Å². The van der Waals surface area contributed by atoms with Crippen LogP contribution < -0.4 is 10.6 Å². The zero-order chi connectivity index (χ0) is 13.0. The number of piperazine rings is 1. The van der Waals surface area contributed by atoms with Crippen LogP contribution in [-0.2, 0) is 0 Å². The van der Waals surface area contributed by atoms with Crippen molar-refractivity contribution in [3.05, 3.63) is 0 Å². The highest BCUT2D eigenvalue weighted by Crippen LogP contribution is 2.23. The predicted octanol–water partition coefficient (Wildman–Crippen LogP) is 0.0674. The largest absolute Gasteiger partial charge is 0.316 e. The van der Waals surface area contributed by atoms with Crippen LogP contribution in [0.3, 0.4) is 0 Å². The molecule has 0 radical (unpaired) electrons. The second-order valence-electron chi connectivity index (χ2n) is 6.15. The number of nitrogens with zero attached hydrogens (tertiary/aromatic N) is 2. The lowest BCUT2D eigenvalue weighted by Gasteiger charge is -2.35. The molecule has 2 fully saturated rings. The van der Waals surface area contributed by atoms with Gasteiger partial charge in [0.1, 0.15) is 0 Å². The molecule has 3 unspecified atom stereocenters. The van der Waals surface area contributed by atoms with Crippen molar-refractivity contribution in [1.82, 2.24) is 20.4 Å². The van der Waals surface area contributed by atoms with Crippen molar-refractivity contribution in [3.8, 4) is 0 Å². The second kappa shape index (κ2) is 6.85. The fourth-order valence-corrected chi connectivity index (χ4v) is 3.66. The van der Waals surface area contributed by atoms with Crippen LogP contribution in [0.2, 0.25) is 0 Å². The lowest BCUT2D eigenvalue weighted by Crippen LogP contribution is -2.49. The minimum absolute atomic E-state index is 0.671. The highest BCUT2D eigenvalue weighted by Gasteiger charge is 2.31.